The molecule has 2 heterocycles. The Balaban J connectivity index is 2.14. The van der Waals surface area contributed by atoms with Crippen molar-refractivity contribution in [1.29, 1.82) is 0 Å². The lowest BCUT2D eigenvalue weighted by atomic mass is 10.3. The molecule has 2 aromatic heterocycles. The molecule has 0 radical (unpaired) electrons. The molecular formula is C14H18BIN4O4S. The lowest BCUT2D eigenvalue weighted by molar-refractivity contribution is -0.386. The van der Waals surface area contributed by atoms with Crippen molar-refractivity contribution in [1.82, 2.24) is 14.8 Å². The average molecular weight is 476 g/mol. The van der Waals surface area contributed by atoms with E-state index in [0.717, 1.165) is 17.9 Å². The van der Waals surface area contributed by atoms with Gasteiger partial charge in [0, 0.05) is 13.3 Å². The molecule has 11 heteroatoms. The second kappa shape index (κ2) is 9.39. The van der Waals surface area contributed by atoms with Gasteiger partial charge in [0.1, 0.15) is 5.69 Å². The van der Waals surface area contributed by atoms with Crippen molar-refractivity contribution in [2.24, 2.45) is 0 Å². The van der Waals surface area contributed by atoms with Crippen molar-refractivity contribution < 1.29 is 14.3 Å². The number of rotatable bonds is 9. The van der Waals surface area contributed by atoms with Crippen LogP contribution in [0.1, 0.15) is 17.8 Å². The Kier molecular flexibility index (Phi) is 7.50. The Morgan fingerprint density at radius 1 is 1.48 bits per heavy atom. The maximum Gasteiger partial charge on any atom is 0.434 e. The highest BCUT2D eigenvalue weighted by Gasteiger charge is 2.27. The summed E-state index contributed by atoms with van der Waals surface area (Å²) in [5.41, 5.74) is 1.73. The number of aromatic nitrogens is 3. The van der Waals surface area contributed by atoms with E-state index in [1.54, 1.807) is 37.9 Å². The van der Waals surface area contributed by atoms with Gasteiger partial charge >= 0.3 is 15.6 Å². The molecule has 0 aliphatic rings. The summed E-state index contributed by atoms with van der Waals surface area (Å²) in [6.07, 6.45) is 2.41. The number of nitrogens with zero attached hydrogens (tertiary/aromatic N) is 4. The van der Waals surface area contributed by atoms with E-state index in [1.807, 2.05) is 13.0 Å². The van der Waals surface area contributed by atoms with Crippen molar-refractivity contribution in [3.8, 4) is 11.6 Å². The third-order valence-electron chi connectivity index (χ3n) is 3.41. The van der Waals surface area contributed by atoms with Crippen LogP contribution in [0.15, 0.2) is 18.3 Å². The molecule has 0 aliphatic heterocycles. The number of halogens is 1. The second-order valence-corrected chi connectivity index (χ2v) is 8.25. The molecular weight excluding hydrogens is 458 g/mol. The van der Waals surface area contributed by atoms with Gasteiger partial charge in [-0.15, -0.1) is 5.10 Å². The number of ether oxygens (including phenoxy) is 1. The zero-order valence-electron chi connectivity index (χ0n) is 14.1. The van der Waals surface area contributed by atoms with E-state index in [2.05, 4.69) is 32.5 Å². The predicted molar refractivity (Wildman–Crippen MR) is 107 cm³/mol. The Morgan fingerprint density at radius 2 is 2.24 bits per heavy atom. The monoisotopic (exact) mass is 476 g/mol. The van der Waals surface area contributed by atoms with Crippen LogP contribution in [-0.4, -0.2) is 43.2 Å². The smallest absolute Gasteiger partial charge is 0.434 e. The van der Waals surface area contributed by atoms with Crippen molar-refractivity contribution in [3.63, 3.8) is 0 Å². The highest BCUT2D eigenvalue weighted by Crippen LogP contribution is 2.32. The van der Waals surface area contributed by atoms with Gasteiger partial charge in [-0.3, -0.25) is 15.1 Å². The van der Waals surface area contributed by atoms with Crippen molar-refractivity contribution in [3.05, 3.63) is 39.8 Å². The molecule has 0 amide bonds. The van der Waals surface area contributed by atoms with Crippen LogP contribution in [0.3, 0.4) is 0 Å². The Labute approximate surface area is 163 Å². The third-order valence-corrected chi connectivity index (χ3v) is 5.97. The molecule has 0 aliphatic carbocycles. The highest BCUT2D eigenvalue weighted by molar-refractivity contribution is 14.1. The minimum atomic E-state index is -0.458. The molecule has 0 saturated carbocycles. The summed E-state index contributed by atoms with van der Waals surface area (Å²) in [6, 6.07) is 3.58. The number of hydrogen-bond acceptors (Lipinski definition) is 7. The minimum absolute atomic E-state index is 0.0357. The molecule has 25 heavy (non-hydrogen) atoms. The summed E-state index contributed by atoms with van der Waals surface area (Å²) < 4.78 is 12.3. The Morgan fingerprint density at radius 3 is 2.88 bits per heavy atom. The fourth-order valence-corrected chi connectivity index (χ4v) is 3.55. The Hall–Kier alpha value is -1.34. The molecule has 0 bridgehead atoms. The zero-order chi connectivity index (χ0) is 18.4. The SMILES string of the molecule is COB(I)SCCCOc1nn(-c2cccnc2C)c(C)c1[N+](=O)[O-]. The topological polar surface area (TPSA) is 92.3 Å². The quantitative estimate of drug-likeness (QED) is 0.180. The van der Waals surface area contributed by atoms with Crippen molar-refractivity contribution >= 4 is 43.7 Å². The third kappa shape index (κ3) is 5.08. The summed E-state index contributed by atoms with van der Waals surface area (Å²) in [4.78, 5) is 15.2. The lowest BCUT2D eigenvalue weighted by Crippen LogP contribution is -2.06. The molecule has 0 atom stereocenters. The number of aryl methyl sites for hydroxylation is 1. The van der Waals surface area contributed by atoms with Gasteiger partial charge < -0.3 is 9.39 Å². The van der Waals surface area contributed by atoms with Crippen LogP contribution < -0.4 is 4.74 Å². The molecule has 0 N–H and O–H groups in total. The normalized spacial score (nSPS) is 10.7. The summed E-state index contributed by atoms with van der Waals surface area (Å²) in [5.74, 6) is 0.866. The van der Waals surface area contributed by atoms with Crippen LogP contribution in [0.4, 0.5) is 5.69 Å². The van der Waals surface area contributed by atoms with Gasteiger partial charge in [0.15, 0.2) is 0 Å². The lowest BCUT2D eigenvalue weighted by Gasteiger charge is -2.05. The first-order chi connectivity index (χ1) is 12.0. The van der Waals surface area contributed by atoms with Gasteiger partial charge in [0.2, 0.25) is 0 Å². The molecule has 0 spiro atoms. The first-order valence-corrected chi connectivity index (χ1v) is 9.82. The standard InChI is InChI=1S/C14H18BIN4O4S/c1-10-12(6-4-7-17-10)19-11(2)13(20(21)22)14(18-19)24-8-5-9-25-15(16)23-3/h4,6-7H,5,8-9H2,1-3H3. The maximum atomic E-state index is 11.4. The summed E-state index contributed by atoms with van der Waals surface area (Å²) in [6.45, 7) is 3.83. The number of nitro groups is 1. The van der Waals surface area contributed by atoms with Crippen LogP contribution in [0.25, 0.3) is 5.69 Å². The molecule has 0 saturated heterocycles. The fourth-order valence-electron chi connectivity index (χ4n) is 2.18. The Bertz CT molecular complexity index is 746. The predicted octanol–water partition coefficient (Wildman–Crippen LogP) is 3.36. The molecule has 2 rings (SSSR count). The van der Waals surface area contributed by atoms with Gasteiger partial charge in [0.25, 0.3) is 0 Å². The molecule has 2 aromatic rings. The van der Waals surface area contributed by atoms with E-state index in [9.17, 15) is 10.1 Å². The van der Waals surface area contributed by atoms with E-state index < -0.39 is 4.92 Å². The van der Waals surface area contributed by atoms with Crippen LogP contribution in [0.2, 0.25) is 0 Å². The van der Waals surface area contributed by atoms with Crippen LogP contribution >= 0.6 is 34.0 Å². The molecule has 134 valence electrons. The van der Waals surface area contributed by atoms with E-state index in [4.69, 9.17) is 9.39 Å². The van der Waals surface area contributed by atoms with E-state index in [1.165, 1.54) is 4.68 Å². The second-order valence-electron chi connectivity index (χ2n) is 5.10. The van der Waals surface area contributed by atoms with Crippen molar-refractivity contribution in [2.75, 3.05) is 19.5 Å². The first-order valence-electron chi connectivity index (χ1n) is 7.53. The van der Waals surface area contributed by atoms with Crippen LogP contribution in [0, 0.1) is 24.0 Å². The highest BCUT2D eigenvalue weighted by atomic mass is 127. The molecule has 8 nitrogen and oxygen atoms in total. The van der Waals surface area contributed by atoms with Gasteiger partial charge in [0.05, 0.1) is 22.9 Å². The largest absolute Gasteiger partial charge is 0.472 e. The van der Waals surface area contributed by atoms with Gasteiger partial charge in [-0.05, 0) is 38.2 Å². The van der Waals surface area contributed by atoms with Crippen LogP contribution in [-0.2, 0) is 4.65 Å². The van der Waals surface area contributed by atoms with E-state index in [0.29, 0.717) is 18.0 Å². The molecule has 0 unspecified atom stereocenters. The minimum Gasteiger partial charge on any atom is -0.472 e. The van der Waals surface area contributed by atoms with Crippen LogP contribution in [0.5, 0.6) is 5.88 Å². The summed E-state index contributed by atoms with van der Waals surface area (Å²) in [5, 5.41) is 15.7. The fraction of sp³-hybridized carbons (Fsp3) is 0.429. The zero-order valence-corrected chi connectivity index (χ0v) is 17.1. The summed E-state index contributed by atoms with van der Waals surface area (Å²) in [7, 11) is 1.65. The first kappa shape index (κ1) is 20.0. The van der Waals surface area contributed by atoms with E-state index >= 15 is 0 Å². The van der Waals surface area contributed by atoms with Gasteiger partial charge in [-0.25, -0.2) is 4.68 Å². The number of hydrogen-bond donors (Lipinski definition) is 0. The number of pyridine rings is 1. The maximum absolute atomic E-state index is 11.4. The van der Waals surface area contributed by atoms with Gasteiger partial charge in [-0.1, -0.05) is 22.4 Å². The average Bonchev–Trinajstić information content (AvgIpc) is 2.91. The molecule has 0 fully saturated rings. The van der Waals surface area contributed by atoms with Crippen molar-refractivity contribution in [2.45, 2.75) is 20.3 Å². The summed E-state index contributed by atoms with van der Waals surface area (Å²) >= 11 is 3.83. The van der Waals surface area contributed by atoms with E-state index in [-0.39, 0.29) is 15.6 Å². The molecule has 0 aromatic carbocycles. The van der Waals surface area contributed by atoms with Gasteiger partial charge in [-0.2, -0.15) is 11.6 Å².